The van der Waals surface area contributed by atoms with Crippen molar-refractivity contribution >= 4 is 17.9 Å². The van der Waals surface area contributed by atoms with Crippen molar-refractivity contribution in [1.29, 1.82) is 0 Å². The zero-order chi connectivity index (χ0) is 49.3. The monoisotopic (exact) mass is 945 g/mol. The van der Waals surface area contributed by atoms with Gasteiger partial charge in [0, 0.05) is 19.3 Å². The Morgan fingerprint density at radius 1 is 0.324 bits per heavy atom. The van der Waals surface area contributed by atoms with Crippen LogP contribution in [0.15, 0.2) is 97.2 Å². The van der Waals surface area contributed by atoms with Gasteiger partial charge in [-0.15, -0.1) is 0 Å². The van der Waals surface area contributed by atoms with Crippen LogP contribution in [0.25, 0.3) is 0 Å². The van der Waals surface area contributed by atoms with E-state index in [-0.39, 0.29) is 31.1 Å². The highest BCUT2D eigenvalue weighted by Crippen LogP contribution is 2.16. The molecule has 0 spiro atoms. The minimum Gasteiger partial charge on any atom is -0.462 e. The van der Waals surface area contributed by atoms with Crippen LogP contribution in [0.1, 0.15) is 258 Å². The second-order valence-corrected chi connectivity index (χ2v) is 18.6. The van der Waals surface area contributed by atoms with E-state index in [2.05, 4.69) is 69.4 Å². The Morgan fingerprint density at radius 3 is 1.09 bits per heavy atom. The number of hydrogen-bond acceptors (Lipinski definition) is 6. The van der Waals surface area contributed by atoms with E-state index in [4.69, 9.17) is 14.2 Å². The van der Waals surface area contributed by atoms with Gasteiger partial charge in [0.05, 0.1) is 0 Å². The van der Waals surface area contributed by atoms with Crippen molar-refractivity contribution in [3.63, 3.8) is 0 Å². The van der Waals surface area contributed by atoms with Crippen LogP contribution in [0.2, 0.25) is 0 Å². The van der Waals surface area contributed by atoms with Crippen molar-refractivity contribution in [1.82, 2.24) is 0 Å². The maximum absolute atomic E-state index is 12.8. The second kappa shape index (κ2) is 55.9. The van der Waals surface area contributed by atoms with Crippen molar-refractivity contribution < 1.29 is 28.6 Å². The van der Waals surface area contributed by atoms with Crippen LogP contribution in [0.3, 0.4) is 0 Å². The Hall–Kier alpha value is -3.67. The fourth-order valence-corrected chi connectivity index (χ4v) is 7.77. The molecule has 0 radical (unpaired) electrons. The lowest BCUT2D eigenvalue weighted by Crippen LogP contribution is -2.30. The van der Waals surface area contributed by atoms with Gasteiger partial charge in [-0.25, -0.2) is 0 Å². The molecule has 388 valence electrons. The number of allylic oxidation sites excluding steroid dienone is 16. The number of carbonyl (C=O) groups is 3. The van der Waals surface area contributed by atoms with Gasteiger partial charge in [-0.1, -0.05) is 266 Å². The molecule has 0 N–H and O–H groups in total. The van der Waals surface area contributed by atoms with Gasteiger partial charge < -0.3 is 14.2 Å². The third-order valence-electron chi connectivity index (χ3n) is 12.0. The van der Waals surface area contributed by atoms with E-state index in [0.29, 0.717) is 19.3 Å². The van der Waals surface area contributed by atoms with Gasteiger partial charge in [0.2, 0.25) is 0 Å². The molecule has 68 heavy (non-hydrogen) atoms. The molecule has 0 heterocycles. The minimum atomic E-state index is -0.802. The number of unbranched alkanes of at least 4 members (excludes halogenated alkanes) is 27. The molecule has 0 saturated carbocycles. The summed E-state index contributed by atoms with van der Waals surface area (Å²) in [6.07, 6.45) is 74.0. The average Bonchev–Trinajstić information content (AvgIpc) is 3.34. The molecule has 6 heteroatoms. The van der Waals surface area contributed by atoms with Gasteiger partial charge in [0.25, 0.3) is 0 Å². The van der Waals surface area contributed by atoms with Crippen LogP contribution in [0.5, 0.6) is 0 Å². The third kappa shape index (κ3) is 53.3. The third-order valence-corrected chi connectivity index (χ3v) is 12.0. The molecule has 0 aromatic rings. The Kier molecular flexibility index (Phi) is 52.9. The van der Waals surface area contributed by atoms with Gasteiger partial charge in [-0.05, 0) is 70.6 Å². The Bertz CT molecular complexity index is 1360. The van der Waals surface area contributed by atoms with Crippen LogP contribution in [0, 0.1) is 0 Å². The first kappa shape index (κ1) is 64.3. The second-order valence-electron chi connectivity index (χ2n) is 18.6. The number of ether oxygens (including phenoxy) is 3. The number of esters is 3. The fourth-order valence-electron chi connectivity index (χ4n) is 7.77. The number of rotatable bonds is 50. The number of hydrogen-bond donors (Lipinski definition) is 0. The maximum atomic E-state index is 12.8. The van der Waals surface area contributed by atoms with Crippen molar-refractivity contribution in [3.8, 4) is 0 Å². The smallest absolute Gasteiger partial charge is 0.306 e. The molecule has 0 rings (SSSR count). The molecule has 0 aliphatic rings. The first-order valence-corrected chi connectivity index (χ1v) is 28.3. The Balaban J connectivity index is 4.44. The minimum absolute atomic E-state index is 0.0956. The fraction of sp³-hybridized carbons (Fsp3) is 0.694. The summed E-state index contributed by atoms with van der Waals surface area (Å²) in [5.74, 6) is -0.948. The van der Waals surface area contributed by atoms with E-state index in [1.807, 2.05) is 48.6 Å². The molecular weight excluding hydrogens is 841 g/mol. The van der Waals surface area contributed by atoms with E-state index in [0.717, 1.165) is 103 Å². The van der Waals surface area contributed by atoms with E-state index in [1.54, 1.807) is 0 Å². The highest BCUT2D eigenvalue weighted by molar-refractivity contribution is 5.71. The first-order chi connectivity index (χ1) is 33.5. The van der Waals surface area contributed by atoms with Crippen molar-refractivity contribution in [2.45, 2.75) is 264 Å². The molecule has 0 bridgehead atoms. The standard InChI is InChI=1S/C62H104O6/c1-4-7-10-13-16-19-22-25-28-30-31-32-35-37-40-43-46-49-52-55-61(64)67-58-59(57-66-60(63)54-51-48-45-42-39-36-33-27-24-21-18-15-12-9-6-3)68-62(65)56-53-50-47-44-41-38-34-29-26-23-20-17-14-11-8-5-2/h8-9,11-12,15,17-18,20-21,24,26-27,29,33,36,39,59H,4-7,10,13-14,16,19,22-23,25,28,30-32,34-35,37-38,40-58H2,1-3H3/b11-8-,12-9-,18-15-,20-17-,24-21-,29-26-,33-27-,39-36-. The molecular formula is C62H104O6. The quantitative estimate of drug-likeness (QED) is 0.0199. The maximum Gasteiger partial charge on any atom is 0.306 e. The van der Waals surface area contributed by atoms with Crippen molar-refractivity contribution in [2.75, 3.05) is 13.2 Å². The highest BCUT2D eigenvalue weighted by atomic mass is 16.6. The average molecular weight is 946 g/mol. The molecule has 0 aliphatic heterocycles. The lowest BCUT2D eigenvalue weighted by molar-refractivity contribution is -0.167. The summed E-state index contributed by atoms with van der Waals surface area (Å²) in [5.41, 5.74) is 0. The molecule has 6 nitrogen and oxygen atoms in total. The van der Waals surface area contributed by atoms with Gasteiger partial charge in [-0.2, -0.15) is 0 Å². The van der Waals surface area contributed by atoms with Gasteiger partial charge in [-0.3, -0.25) is 14.4 Å². The Morgan fingerprint density at radius 2 is 0.647 bits per heavy atom. The van der Waals surface area contributed by atoms with Crippen LogP contribution in [0.4, 0.5) is 0 Å². The van der Waals surface area contributed by atoms with E-state index in [1.165, 1.54) is 116 Å². The molecule has 1 atom stereocenters. The topological polar surface area (TPSA) is 78.9 Å². The van der Waals surface area contributed by atoms with Crippen molar-refractivity contribution in [3.05, 3.63) is 97.2 Å². The van der Waals surface area contributed by atoms with Gasteiger partial charge in [0.15, 0.2) is 6.10 Å². The van der Waals surface area contributed by atoms with E-state index < -0.39 is 6.10 Å². The van der Waals surface area contributed by atoms with Gasteiger partial charge in [0.1, 0.15) is 13.2 Å². The molecule has 0 aromatic heterocycles. The summed E-state index contributed by atoms with van der Waals surface area (Å²) in [6.45, 7) is 6.35. The molecule has 0 amide bonds. The first-order valence-electron chi connectivity index (χ1n) is 28.3. The van der Waals surface area contributed by atoms with Crippen LogP contribution in [-0.4, -0.2) is 37.2 Å². The Labute approximate surface area is 419 Å². The highest BCUT2D eigenvalue weighted by Gasteiger charge is 2.19. The largest absolute Gasteiger partial charge is 0.462 e. The predicted molar refractivity (Wildman–Crippen MR) is 293 cm³/mol. The molecule has 0 aromatic carbocycles. The van der Waals surface area contributed by atoms with Crippen LogP contribution >= 0.6 is 0 Å². The molecule has 1 unspecified atom stereocenters. The zero-order valence-corrected chi connectivity index (χ0v) is 44.3. The molecule has 0 saturated heterocycles. The van der Waals surface area contributed by atoms with Crippen LogP contribution in [-0.2, 0) is 28.6 Å². The predicted octanol–water partition coefficient (Wildman–Crippen LogP) is 18.9. The number of carbonyl (C=O) groups excluding carboxylic acids is 3. The summed E-state index contributed by atoms with van der Waals surface area (Å²) >= 11 is 0. The van der Waals surface area contributed by atoms with Crippen molar-refractivity contribution in [2.24, 2.45) is 0 Å². The zero-order valence-electron chi connectivity index (χ0n) is 44.3. The van der Waals surface area contributed by atoms with Gasteiger partial charge >= 0.3 is 17.9 Å². The SMILES string of the molecule is CC\C=C/C=C\C=C/C=C\C=C/CCCCCC(=O)OCC(COC(=O)CCCCCCCCCCCCCCCCCCCCC)OC(=O)CCCCCCCC/C=C\C/C=C\C/C=C\CC. The molecule has 0 aliphatic carbocycles. The summed E-state index contributed by atoms with van der Waals surface area (Å²) in [5, 5.41) is 0. The molecule has 0 fully saturated rings. The summed E-state index contributed by atoms with van der Waals surface area (Å²) in [4.78, 5) is 38.1. The summed E-state index contributed by atoms with van der Waals surface area (Å²) in [7, 11) is 0. The summed E-state index contributed by atoms with van der Waals surface area (Å²) in [6, 6.07) is 0. The lowest BCUT2D eigenvalue weighted by Gasteiger charge is -2.18. The van der Waals surface area contributed by atoms with E-state index >= 15 is 0 Å². The van der Waals surface area contributed by atoms with Crippen LogP contribution < -0.4 is 0 Å². The normalized spacial score (nSPS) is 12.8. The van der Waals surface area contributed by atoms with E-state index in [9.17, 15) is 14.4 Å². The lowest BCUT2D eigenvalue weighted by atomic mass is 10.0. The summed E-state index contributed by atoms with van der Waals surface area (Å²) < 4.78 is 16.8.